The molecule has 1 N–H and O–H groups in total. The standard InChI is InChI=1S/C17H23N3O3S/c1-19-10-12-20(13-11-19)24(22,23)16-8-6-15(7-9-16)18-17(21)14-4-2-3-5-14/h4,6-9H,2-3,5,10-13H2,1H3,(H,18,21). The predicted molar refractivity (Wildman–Crippen MR) is 93.3 cm³/mol. The van der Waals surface area contributed by atoms with E-state index in [1.54, 1.807) is 24.3 Å². The Kier molecular flexibility index (Phi) is 5.03. The van der Waals surface area contributed by atoms with E-state index in [1.807, 2.05) is 13.1 Å². The second kappa shape index (κ2) is 7.04. The summed E-state index contributed by atoms with van der Waals surface area (Å²) in [5.74, 6) is -0.0952. The Morgan fingerprint density at radius 1 is 1.08 bits per heavy atom. The molecule has 1 aromatic rings. The Hall–Kier alpha value is -1.70. The van der Waals surface area contributed by atoms with Gasteiger partial charge >= 0.3 is 0 Å². The highest BCUT2D eigenvalue weighted by Crippen LogP contribution is 2.22. The van der Waals surface area contributed by atoms with Gasteiger partial charge in [0.25, 0.3) is 5.91 Å². The number of carbonyl (C=O) groups is 1. The van der Waals surface area contributed by atoms with Crippen LogP contribution in [0.1, 0.15) is 19.3 Å². The summed E-state index contributed by atoms with van der Waals surface area (Å²) in [5, 5.41) is 2.83. The molecule has 1 heterocycles. The Morgan fingerprint density at radius 3 is 2.33 bits per heavy atom. The fourth-order valence-corrected chi connectivity index (χ4v) is 4.40. The second-order valence-corrected chi connectivity index (χ2v) is 8.25. The van der Waals surface area contributed by atoms with E-state index in [0.717, 1.165) is 37.9 Å². The lowest BCUT2D eigenvalue weighted by Gasteiger charge is -2.31. The van der Waals surface area contributed by atoms with Crippen molar-refractivity contribution in [1.82, 2.24) is 9.21 Å². The molecule has 0 saturated carbocycles. The number of sulfonamides is 1. The molecule has 3 rings (SSSR count). The van der Waals surface area contributed by atoms with Gasteiger partial charge in [0.15, 0.2) is 0 Å². The number of nitrogens with one attached hydrogen (secondary N) is 1. The highest BCUT2D eigenvalue weighted by Gasteiger charge is 2.27. The average Bonchev–Trinajstić information content (AvgIpc) is 3.10. The summed E-state index contributed by atoms with van der Waals surface area (Å²) in [5.41, 5.74) is 1.43. The van der Waals surface area contributed by atoms with Crippen LogP contribution in [0, 0.1) is 0 Å². The van der Waals surface area contributed by atoms with Crippen LogP contribution >= 0.6 is 0 Å². The molecule has 24 heavy (non-hydrogen) atoms. The molecule has 2 aliphatic rings. The molecule has 130 valence electrons. The van der Waals surface area contributed by atoms with Gasteiger partial charge in [0.2, 0.25) is 10.0 Å². The molecule has 6 nitrogen and oxygen atoms in total. The van der Waals surface area contributed by atoms with Gasteiger partial charge in [-0.2, -0.15) is 4.31 Å². The monoisotopic (exact) mass is 349 g/mol. The molecular formula is C17H23N3O3S. The summed E-state index contributed by atoms with van der Waals surface area (Å²) in [7, 11) is -1.48. The highest BCUT2D eigenvalue weighted by molar-refractivity contribution is 7.89. The molecule has 1 aromatic carbocycles. The predicted octanol–water partition coefficient (Wildman–Crippen LogP) is 1.67. The molecule has 0 radical (unpaired) electrons. The van der Waals surface area contributed by atoms with Crippen molar-refractivity contribution in [3.63, 3.8) is 0 Å². The molecule has 1 aliphatic heterocycles. The van der Waals surface area contributed by atoms with Gasteiger partial charge in [0.1, 0.15) is 0 Å². The molecule has 0 unspecified atom stereocenters. The Labute approximate surface area is 143 Å². The minimum absolute atomic E-state index is 0.0952. The zero-order valence-electron chi connectivity index (χ0n) is 13.9. The maximum Gasteiger partial charge on any atom is 0.251 e. The lowest BCUT2D eigenvalue weighted by atomic mass is 10.2. The number of anilines is 1. The summed E-state index contributed by atoms with van der Waals surface area (Å²) in [6.45, 7) is 2.49. The van der Waals surface area contributed by atoms with Crippen LogP contribution in [0.2, 0.25) is 0 Å². The summed E-state index contributed by atoms with van der Waals surface area (Å²) in [6, 6.07) is 6.42. The topological polar surface area (TPSA) is 69.7 Å². The lowest BCUT2D eigenvalue weighted by Crippen LogP contribution is -2.46. The van der Waals surface area contributed by atoms with Gasteiger partial charge < -0.3 is 10.2 Å². The molecule has 0 spiro atoms. The number of hydrogen-bond donors (Lipinski definition) is 1. The smallest absolute Gasteiger partial charge is 0.251 e. The number of rotatable bonds is 4. The highest BCUT2D eigenvalue weighted by atomic mass is 32.2. The second-order valence-electron chi connectivity index (χ2n) is 6.31. The van der Waals surface area contributed by atoms with E-state index in [4.69, 9.17) is 0 Å². The number of carbonyl (C=O) groups excluding carboxylic acids is 1. The van der Waals surface area contributed by atoms with Crippen LogP contribution < -0.4 is 5.32 Å². The van der Waals surface area contributed by atoms with Crippen molar-refractivity contribution in [2.24, 2.45) is 0 Å². The fraction of sp³-hybridized carbons (Fsp3) is 0.471. The molecular weight excluding hydrogens is 326 g/mol. The van der Waals surface area contributed by atoms with Crippen molar-refractivity contribution in [2.75, 3.05) is 38.5 Å². The molecule has 1 saturated heterocycles. The van der Waals surface area contributed by atoms with E-state index in [0.29, 0.717) is 18.8 Å². The quantitative estimate of drug-likeness (QED) is 0.898. The number of piperazine rings is 1. The minimum atomic E-state index is -3.46. The fourth-order valence-electron chi connectivity index (χ4n) is 2.98. The van der Waals surface area contributed by atoms with Crippen LogP contribution in [0.4, 0.5) is 5.69 Å². The van der Waals surface area contributed by atoms with Gasteiger partial charge in [-0.3, -0.25) is 4.79 Å². The summed E-state index contributed by atoms with van der Waals surface area (Å²) < 4.78 is 26.8. The summed E-state index contributed by atoms with van der Waals surface area (Å²) >= 11 is 0. The van der Waals surface area contributed by atoms with Gasteiger partial charge in [0.05, 0.1) is 4.90 Å². The Balaban J connectivity index is 1.68. The van der Waals surface area contributed by atoms with E-state index in [2.05, 4.69) is 10.2 Å². The minimum Gasteiger partial charge on any atom is -0.322 e. The van der Waals surface area contributed by atoms with Gasteiger partial charge in [-0.05, 0) is 50.6 Å². The van der Waals surface area contributed by atoms with Crippen LogP contribution in [0.15, 0.2) is 40.8 Å². The van der Waals surface area contributed by atoms with Crippen molar-refractivity contribution in [3.05, 3.63) is 35.9 Å². The molecule has 1 fully saturated rings. The number of benzene rings is 1. The molecule has 1 amide bonds. The largest absolute Gasteiger partial charge is 0.322 e. The van der Waals surface area contributed by atoms with Crippen LogP contribution in [0.25, 0.3) is 0 Å². The zero-order valence-corrected chi connectivity index (χ0v) is 14.7. The normalized spacial score (nSPS) is 20.0. The lowest BCUT2D eigenvalue weighted by molar-refractivity contribution is -0.112. The summed E-state index contributed by atoms with van der Waals surface area (Å²) in [6.07, 6.45) is 4.74. The van der Waals surface area contributed by atoms with E-state index < -0.39 is 10.0 Å². The maximum atomic E-state index is 12.6. The first kappa shape index (κ1) is 17.1. The average molecular weight is 349 g/mol. The van der Waals surface area contributed by atoms with Crippen molar-refractivity contribution >= 4 is 21.6 Å². The van der Waals surface area contributed by atoms with E-state index in [-0.39, 0.29) is 10.8 Å². The molecule has 0 bridgehead atoms. The number of amides is 1. The number of hydrogen-bond acceptors (Lipinski definition) is 4. The van der Waals surface area contributed by atoms with Gasteiger partial charge in [-0.1, -0.05) is 6.08 Å². The SMILES string of the molecule is CN1CCN(S(=O)(=O)c2ccc(NC(=O)C3=CCCC3)cc2)CC1. The van der Waals surface area contributed by atoms with E-state index in [9.17, 15) is 13.2 Å². The maximum absolute atomic E-state index is 12.6. The van der Waals surface area contributed by atoms with Crippen molar-refractivity contribution in [3.8, 4) is 0 Å². The first-order valence-electron chi connectivity index (χ1n) is 8.26. The molecule has 7 heteroatoms. The summed E-state index contributed by atoms with van der Waals surface area (Å²) in [4.78, 5) is 14.4. The van der Waals surface area contributed by atoms with Gasteiger partial charge in [0, 0.05) is 37.4 Å². The van der Waals surface area contributed by atoms with Crippen LogP contribution in [-0.4, -0.2) is 56.8 Å². The van der Waals surface area contributed by atoms with Crippen molar-refractivity contribution in [1.29, 1.82) is 0 Å². The van der Waals surface area contributed by atoms with Crippen LogP contribution in [0.5, 0.6) is 0 Å². The molecule has 0 aromatic heterocycles. The third kappa shape index (κ3) is 3.68. The molecule has 0 atom stereocenters. The van der Waals surface area contributed by atoms with Crippen molar-refractivity contribution in [2.45, 2.75) is 24.2 Å². The van der Waals surface area contributed by atoms with Gasteiger partial charge in [-0.25, -0.2) is 8.42 Å². The number of likely N-dealkylation sites (N-methyl/N-ethyl adjacent to an activating group) is 1. The van der Waals surface area contributed by atoms with Gasteiger partial charge in [-0.15, -0.1) is 0 Å². The number of nitrogens with zero attached hydrogens (tertiary/aromatic N) is 2. The third-order valence-corrected chi connectivity index (χ3v) is 6.46. The van der Waals surface area contributed by atoms with E-state index in [1.165, 1.54) is 4.31 Å². The Bertz CT molecular complexity index is 733. The van der Waals surface area contributed by atoms with E-state index >= 15 is 0 Å². The Morgan fingerprint density at radius 2 is 1.75 bits per heavy atom. The number of allylic oxidation sites excluding steroid dienone is 1. The van der Waals surface area contributed by atoms with Crippen LogP contribution in [0.3, 0.4) is 0 Å². The zero-order chi connectivity index (χ0) is 17.2. The van der Waals surface area contributed by atoms with Crippen LogP contribution in [-0.2, 0) is 14.8 Å². The first-order chi connectivity index (χ1) is 11.5. The first-order valence-corrected chi connectivity index (χ1v) is 9.70. The molecule has 1 aliphatic carbocycles. The van der Waals surface area contributed by atoms with Crippen molar-refractivity contribution < 1.29 is 13.2 Å². The third-order valence-electron chi connectivity index (χ3n) is 4.54.